The summed E-state index contributed by atoms with van der Waals surface area (Å²) in [6.45, 7) is 3.13. The molecule has 0 saturated carbocycles. The van der Waals surface area contributed by atoms with Crippen molar-refractivity contribution in [3.8, 4) is 5.88 Å². The van der Waals surface area contributed by atoms with Crippen LogP contribution < -0.4 is 4.74 Å². The highest BCUT2D eigenvalue weighted by molar-refractivity contribution is 6.28. The van der Waals surface area contributed by atoms with Gasteiger partial charge >= 0.3 is 0 Å². The van der Waals surface area contributed by atoms with E-state index in [0.717, 1.165) is 12.0 Å². The van der Waals surface area contributed by atoms with Crippen molar-refractivity contribution >= 4 is 11.6 Å². The third-order valence-electron chi connectivity index (χ3n) is 1.63. The largest absolute Gasteiger partial charge is 0.477 e. The highest BCUT2D eigenvalue weighted by atomic mass is 35.5. The summed E-state index contributed by atoms with van der Waals surface area (Å²) in [5, 5.41) is 0.206. The SMILES string of the molecule is COCCCOc1nc(Cl)ncc1C. The van der Waals surface area contributed by atoms with Crippen LogP contribution in [0.1, 0.15) is 12.0 Å². The lowest BCUT2D eigenvalue weighted by Gasteiger charge is -2.06. The first kappa shape index (κ1) is 11.2. The molecule has 0 fully saturated rings. The molecule has 0 aliphatic carbocycles. The molecule has 0 amide bonds. The van der Waals surface area contributed by atoms with Crippen LogP contribution in [0, 0.1) is 6.92 Å². The lowest BCUT2D eigenvalue weighted by Crippen LogP contribution is -2.04. The smallest absolute Gasteiger partial charge is 0.225 e. The summed E-state index contributed by atoms with van der Waals surface area (Å²) in [7, 11) is 1.66. The number of aromatic nitrogens is 2. The van der Waals surface area contributed by atoms with Crippen LogP contribution >= 0.6 is 11.6 Å². The number of nitrogens with zero attached hydrogens (tertiary/aromatic N) is 2. The molecule has 0 aliphatic rings. The minimum Gasteiger partial charge on any atom is -0.477 e. The van der Waals surface area contributed by atoms with Gasteiger partial charge in [0.2, 0.25) is 11.2 Å². The van der Waals surface area contributed by atoms with Gasteiger partial charge in [0.15, 0.2) is 0 Å². The van der Waals surface area contributed by atoms with Gasteiger partial charge in [-0.1, -0.05) is 0 Å². The second kappa shape index (κ2) is 5.78. The van der Waals surface area contributed by atoms with Crippen LogP contribution in [0.15, 0.2) is 6.20 Å². The van der Waals surface area contributed by atoms with E-state index in [1.807, 2.05) is 6.92 Å². The van der Waals surface area contributed by atoms with E-state index in [1.165, 1.54) is 0 Å². The average Bonchev–Trinajstić information content (AvgIpc) is 2.18. The predicted octanol–water partition coefficient (Wildman–Crippen LogP) is 1.85. The van der Waals surface area contributed by atoms with Crippen molar-refractivity contribution in [2.24, 2.45) is 0 Å². The molecule has 0 N–H and O–H groups in total. The maximum atomic E-state index is 5.63. The fourth-order valence-electron chi connectivity index (χ4n) is 0.924. The molecule has 5 heteroatoms. The first-order chi connectivity index (χ1) is 6.74. The summed E-state index contributed by atoms with van der Waals surface area (Å²) in [5.41, 5.74) is 0.881. The first-order valence-corrected chi connectivity index (χ1v) is 4.72. The van der Waals surface area contributed by atoms with Crippen LogP contribution in [0.25, 0.3) is 0 Å². The zero-order valence-electron chi connectivity index (χ0n) is 8.29. The van der Waals surface area contributed by atoms with E-state index in [-0.39, 0.29) is 5.28 Å². The fourth-order valence-corrected chi connectivity index (χ4v) is 1.05. The van der Waals surface area contributed by atoms with Crippen molar-refractivity contribution in [3.63, 3.8) is 0 Å². The molecule has 0 atom stereocenters. The topological polar surface area (TPSA) is 44.2 Å². The van der Waals surface area contributed by atoms with Crippen LogP contribution in [0.3, 0.4) is 0 Å². The molecule has 4 nitrogen and oxygen atoms in total. The molecule has 0 aliphatic heterocycles. The van der Waals surface area contributed by atoms with Crippen molar-refractivity contribution in [3.05, 3.63) is 17.0 Å². The fraction of sp³-hybridized carbons (Fsp3) is 0.556. The Hall–Kier alpha value is -0.870. The Morgan fingerprint density at radius 1 is 1.43 bits per heavy atom. The Labute approximate surface area is 88.2 Å². The molecule has 1 heterocycles. The number of ether oxygens (including phenoxy) is 2. The van der Waals surface area contributed by atoms with Gasteiger partial charge in [-0.15, -0.1) is 0 Å². The third kappa shape index (κ3) is 3.47. The zero-order valence-corrected chi connectivity index (χ0v) is 9.04. The summed E-state index contributed by atoms with van der Waals surface area (Å²) in [5.74, 6) is 0.543. The number of aryl methyl sites for hydroxylation is 1. The maximum Gasteiger partial charge on any atom is 0.225 e. The zero-order chi connectivity index (χ0) is 10.4. The van der Waals surface area contributed by atoms with E-state index in [4.69, 9.17) is 21.1 Å². The summed E-state index contributed by atoms with van der Waals surface area (Å²) >= 11 is 5.63. The molecule has 0 spiro atoms. The van der Waals surface area contributed by atoms with Crippen LogP contribution in [-0.2, 0) is 4.74 Å². The second-order valence-corrected chi connectivity index (χ2v) is 3.16. The van der Waals surface area contributed by atoms with Gasteiger partial charge < -0.3 is 9.47 Å². The third-order valence-corrected chi connectivity index (χ3v) is 1.81. The van der Waals surface area contributed by atoms with Gasteiger partial charge in [0.1, 0.15) is 0 Å². The molecule has 0 radical (unpaired) electrons. The normalized spacial score (nSPS) is 10.2. The highest BCUT2D eigenvalue weighted by Crippen LogP contribution is 2.15. The Kier molecular flexibility index (Phi) is 4.62. The molecule has 1 rings (SSSR count). The van der Waals surface area contributed by atoms with Gasteiger partial charge in [0, 0.05) is 31.9 Å². The van der Waals surface area contributed by atoms with E-state index >= 15 is 0 Å². The Morgan fingerprint density at radius 2 is 2.21 bits per heavy atom. The lowest BCUT2D eigenvalue weighted by molar-refractivity contribution is 0.170. The highest BCUT2D eigenvalue weighted by Gasteiger charge is 2.02. The summed E-state index contributed by atoms with van der Waals surface area (Å²) in [4.78, 5) is 7.80. The number of hydrogen-bond acceptors (Lipinski definition) is 4. The van der Waals surface area contributed by atoms with Gasteiger partial charge in [-0.3, -0.25) is 0 Å². The average molecular weight is 217 g/mol. The minimum atomic E-state index is 0.206. The molecule has 1 aromatic rings. The molecule has 0 unspecified atom stereocenters. The van der Waals surface area contributed by atoms with Gasteiger partial charge in [0.25, 0.3) is 0 Å². The number of hydrogen-bond donors (Lipinski definition) is 0. The molecular weight excluding hydrogens is 204 g/mol. The van der Waals surface area contributed by atoms with Crippen molar-refractivity contribution < 1.29 is 9.47 Å². The predicted molar refractivity (Wildman–Crippen MR) is 53.8 cm³/mol. The Bertz CT molecular complexity index is 294. The van der Waals surface area contributed by atoms with Gasteiger partial charge in [0.05, 0.1) is 6.61 Å². The van der Waals surface area contributed by atoms with Gasteiger partial charge in [-0.2, -0.15) is 4.98 Å². The molecule has 0 aromatic carbocycles. The standard InChI is InChI=1S/C9H13ClN2O2/c1-7-6-11-9(10)12-8(7)14-5-3-4-13-2/h6H,3-5H2,1-2H3. The number of halogens is 1. The van der Waals surface area contributed by atoms with Crippen LogP contribution in [-0.4, -0.2) is 30.3 Å². The van der Waals surface area contributed by atoms with Crippen LogP contribution in [0.4, 0.5) is 0 Å². The molecular formula is C9H13ClN2O2. The monoisotopic (exact) mass is 216 g/mol. The number of rotatable bonds is 5. The molecule has 0 saturated heterocycles. The van der Waals surface area contributed by atoms with Crippen molar-refractivity contribution in [1.82, 2.24) is 9.97 Å². The summed E-state index contributed by atoms with van der Waals surface area (Å²) in [6.07, 6.45) is 2.47. The van der Waals surface area contributed by atoms with Crippen molar-refractivity contribution in [1.29, 1.82) is 0 Å². The molecule has 1 aromatic heterocycles. The van der Waals surface area contributed by atoms with Crippen molar-refractivity contribution in [2.45, 2.75) is 13.3 Å². The van der Waals surface area contributed by atoms with E-state index < -0.39 is 0 Å². The molecule has 78 valence electrons. The molecule has 0 bridgehead atoms. The maximum absolute atomic E-state index is 5.63. The summed E-state index contributed by atoms with van der Waals surface area (Å²) < 4.78 is 10.3. The first-order valence-electron chi connectivity index (χ1n) is 4.35. The lowest BCUT2D eigenvalue weighted by atomic mass is 10.4. The van der Waals surface area contributed by atoms with Crippen LogP contribution in [0.5, 0.6) is 5.88 Å². The van der Waals surface area contributed by atoms with Gasteiger partial charge in [-0.25, -0.2) is 4.98 Å². The van der Waals surface area contributed by atoms with E-state index in [9.17, 15) is 0 Å². The van der Waals surface area contributed by atoms with Crippen LogP contribution in [0.2, 0.25) is 5.28 Å². The van der Waals surface area contributed by atoms with E-state index in [0.29, 0.717) is 19.1 Å². The van der Waals surface area contributed by atoms with Gasteiger partial charge in [-0.05, 0) is 18.5 Å². The van der Waals surface area contributed by atoms with E-state index in [1.54, 1.807) is 13.3 Å². The van der Waals surface area contributed by atoms with Crippen molar-refractivity contribution in [2.75, 3.05) is 20.3 Å². The Balaban J connectivity index is 2.45. The second-order valence-electron chi connectivity index (χ2n) is 2.82. The molecule has 14 heavy (non-hydrogen) atoms. The van der Waals surface area contributed by atoms with E-state index in [2.05, 4.69) is 9.97 Å². The quantitative estimate of drug-likeness (QED) is 0.557. The summed E-state index contributed by atoms with van der Waals surface area (Å²) in [6, 6.07) is 0. The number of methoxy groups -OCH3 is 1. The minimum absolute atomic E-state index is 0.206. The Morgan fingerprint density at radius 3 is 2.93 bits per heavy atom.